The predicted molar refractivity (Wildman–Crippen MR) is 142 cm³/mol. The second-order valence-corrected chi connectivity index (χ2v) is 13.4. The number of carbonyl (C=O) groups excluding carboxylic acids is 2. The molecule has 11 nitrogen and oxygen atoms in total. The minimum atomic E-state index is -1.79. The summed E-state index contributed by atoms with van der Waals surface area (Å²) in [6.07, 6.45) is -0.871. The van der Waals surface area contributed by atoms with E-state index in [1.54, 1.807) is 18.1 Å². The number of nitrogens with zero attached hydrogens (tertiary/aromatic N) is 2. The Morgan fingerprint density at radius 1 is 1.23 bits per heavy atom. The smallest absolute Gasteiger partial charge is 0.410 e. The van der Waals surface area contributed by atoms with Gasteiger partial charge in [0.05, 0.1) is 45.3 Å². The molecule has 220 valence electrons. The highest BCUT2D eigenvalue weighted by Gasteiger charge is 2.70. The minimum absolute atomic E-state index is 0.117. The van der Waals surface area contributed by atoms with E-state index in [0.717, 1.165) is 5.56 Å². The summed E-state index contributed by atoms with van der Waals surface area (Å²) in [6.45, 7) is 0.981. The number of halogens is 3. The van der Waals surface area contributed by atoms with Crippen molar-refractivity contribution in [1.29, 1.82) is 0 Å². The van der Waals surface area contributed by atoms with Gasteiger partial charge in [-0.2, -0.15) is 5.06 Å². The minimum Gasteiger partial charge on any atom is -0.497 e. The van der Waals surface area contributed by atoms with Gasteiger partial charge in [0.1, 0.15) is 23.4 Å². The molecule has 40 heavy (non-hydrogen) atoms. The van der Waals surface area contributed by atoms with Gasteiger partial charge in [0.25, 0.3) is 12.4 Å². The Balaban J connectivity index is 1.48. The molecule has 2 spiro atoms. The highest BCUT2D eigenvalue weighted by Crippen LogP contribution is 2.60. The highest BCUT2D eigenvalue weighted by molar-refractivity contribution is 6.67. The summed E-state index contributed by atoms with van der Waals surface area (Å²) in [5.41, 5.74) is -0.772. The molecule has 1 aromatic rings. The number of likely N-dealkylation sites (tertiary alicyclic amines) is 1. The number of alkyl halides is 3. The number of carbonyl (C=O) groups is 2. The fraction of sp³-hybridized carbons (Fsp3) is 0.692. The van der Waals surface area contributed by atoms with Crippen LogP contribution in [0.25, 0.3) is 0 Å². The van der Waals surface area contributed by atoms with E-state index in [1.165, 1.54) is 19.3 Å². The van der Waals surface area contributed by atoms with E-state index in [9.17, 15) is 9.59 Å². The zero-order chi connectivity index (χ0) is 28.6. The van der Waals surface area contributed by atoms with Crippen LogP contribution in [0, 0.1) is 11.8 Å². The van der Waals surface area contributed by atoms with Gasteiger partial charge in [-0.25, -0.2) is 4.79 Å². The lowest BCUT2D eigenvalue weighted by Gasteiger charge is -2.54. The quantitative estimate of drug-likeness (QED) is 0.467. The van der Waals surface area contributed by atoms with Gasteiger partial charge in [0.2, 0.25) is 3.79 Å². The van der Waals surface area contributed by atoms with Gasteiger partial charge in [0.15, 0.2) is 0 Å². The first-order chi connectivity index (χ1) is 19.0. The zero-order valence-corrected chi connectivity index (χ0v) is 24.7. The van der Waals surface area contributed by atoms with Gasteiger partial charge >= 0.3 is 6.09 Å². The van der Waals surface area contributed by atoms with Gasteiger partial charge in [-0.15, -0.1) is 0 Å². The largest absolute Gasteiger partial charge is 0.497 e. The molecule has 6 aliphatic rings. The summed E-state index contributed by atoms with van der Waals surface area (Å²) in [4.78, 5) is 35.2. The van der Waals surface area contributed by atoms with Gasteiger partial charge in [-0.3, -0.25) is 9.63 Å². The lowest BCUT2D eigenvalue weighted by molar-refractivity contribution is -0.260. The maximum Gasteiger partial charge on any atom is 0.410 e. The summed E-state index contributed by atoms with van der Waals surface area (Å²) in [5.74, 6) is -0.00641. The number of anilines is 1. The predicted octanol–water partition coefficient (Wildman–Crippen LogP) is 3.56. The molecule has 0 radical (unpaired) electrons. The summed E-state index contributed by atoms with van der Waals surface area (Å²) in [5, 5.41) is 1.28. The fourth-order valence-corrected chi connectivity index (χ4v) is 7.67. The van der Waals surface area contributed by atoms with E-state index in [1.807, 2.05) is 19.1 Å². The number of methoxy groups -OCH3 is 2. The lowest BCUT2D eigenvalue weighted by atomic mass is 9.67. The topological polar surface area (TPSA) is 105 Å². The van der Waals surface area contributed by atoms with Gasteiger partial charge in [-0.1, -0.05) is 40.9 Å². The van der Waals surface area contributed by atoms with Crippen LogP contribution in [0.5, 0.6) is 5.75 Å². The normalized spacial score (nSPS) is 38.2. The number of ether oxygens (including phenoxy) is 6. The summed E-state index contributed by atoms with van der Waals surface area (Å²) in [6, 6.07) is 4.99. The van der Waals surface area contributed by atoms with Crippen LogP contribution in [0.15, 0.2) is 18.2 Å². The van der Waals surface area contributed by atoms with E-state index in [-0.39, 0.29) is 30.7 Å². The molecule has 4 bridgehead atoms. The Hall–Kier alpha value is -1.57. The second kappa shape index (κ2) is 10.0. The van der Waals surface area contributed by atoms with Crippen molar-refractivity contribution in [3.8, 4) is 5.75 Å². The lowest BCUT2D eigenvalue weighted by Crippen LogP contribution is -2.68. The van der Waals surface area contributed by atoms with E-state index < -0.39 is 52.2 Å². The number of rotatable bonds is 4. The van der Waals surface area contributed by atoms with Crippen molar-refractivity contribution in [2.24, 2.45) is 11.8 Å². The van der Waals surface area contributed by atoms with E-state index in [4.69, 9.17) is 68.1 Å². The fourth-order valence-electron chi connectivity index (χ4n) is 7.50. The zero-order valence-electron chi connectivity index (χ0n) is 22.4. The van der Waals surface area contributed by atoms with Crippen molar-refractivity contribution in [1.82, 2.24) is 4.90 Å². The molecule has 5 aliphatic heterocycles. The molecule has 0 aromatic heterocycles. The molecule has 14 heteroatoms. The molecule has 1 aromatic carbocycles. The maximum atomic E-state index is 14.3. The maximum absolute atomic E-state index is 14.3. The molecule has 0 N–H and O–H groups in total. The van der Waals surface area contributed by atoms with Crippen molar-refractivity contribution in [3.05, 3.63) is 23.8 Å². The standard InChI is InChI=1S/C26H31Cl3N2O9/c1-13-25(40-23(35-3)39-13)11-30(22(33)38-12-26(27,28)29)19-9-24(20-8-17(25)15(19)10-37-20)16-6-5-14(34-2)7-18(16)31(36-4)21(24)32/h5-7,13,15,17,19-20,23H,8-12H2,1-4H3/t13-,15+,17-,19+,20-,23?,24+,25+/m1/s1. The van der Waals surface area contributed by atoms with Gasteiger partial charge in [-0.05, 0) is 31.4 Å². The van der Waals surface area contributed by atoms with Crippen LogP contribution in [0.4, 0.5) is 10.5 Å². The molecule has 5 heterocycles. The Bertz CT molecular complexity index is 1200. The van der Waals surface area contributed by atoms with Crippen molar-refractivity contribution in [3.63, 3.8) is 0 Å². The molecular weight excluding hydrogens is 591 g/mol. The van der Waals surface area contributed by atoms with Crippen molar-refractivity contribution in [2.75, 3.05) is 46.2 Å². The highest BCUT2D eigenvalue weighted by atomic mass is 35.6. The Labute approximate surface area is 246 Å². The number of hydrogen-bond donors (Lipinski definition) is 0. The first-order valence-electron chi connectivity index (χ1n) is 13.0. The molecule has 1 unspecified atom stereocenters. The summed E-state index contributed by atoms with van der Waals surface area (Å²) in [7, 11) is 4.50. The molecule has 2 amide bonds. The molecule has 1 aliphatic carbocycles. The number of benzene rings is 1. The van der Waals surface area contributed by atoms with Crippen LogP contribution in [0.3, 0.4) is 0 Å². The number of amides is 2. The van der Waals surface area contributed by atoms with E-state index in [0.29, 0.717) is 24.5 Å². The van der Waals surface area contributed by atoms with Crippen molar-refractivity contribution >= 4 is 52.5 Å². The Morgan fingerprint density at radius 3 is 2.65 bits per heavy atom. The van der Waals surface area contributed by atoms with Crippen molar-refractivity contribution in [2.45, 2.75) is 59.3 Å². The average molecular weight is 622 g/mol. The van der Waals surface area contributed by atoms with Crippen molar-refractivity contribution < 1.29 is 42.8 Å². The Kier molecular flexibility index (Phi) is 7.15. The number of piperidine rings is 1. The van der Waals surface area contributed by atoms with E-state index >= 15 is 0 Å². The van der Waals surface area contributed by atoms with E-state index in [2.05, 4.69) is 0 Å². The first kappa shape index (κ1) is 28.5. The monoisotopic (exact) mass is 620 g/mol. The number of hydrogen-bond acceptors (Lipinski definition) is 9. The first-order valence-corrected chi connectivity index (χ1v) is 14.2. The van der Waals surface area contributed by atoms with Gasteiger partial charge < -0.3 is 33.3 Å². The third-order valence-electron chi connectivity index (χ3n) is 9.25. The molecule has 4 saturated heterocycles. The summed E-state index contributed by atoms with van der Waals surface area (Å²) >= 11 is 17.7. The average Bonchev–Trinajstić information content (AvgIpc) is 3.26. The third kappa shape index (κ3) is 4.11. The van der Waals surface area contributed by atoms with Gasteiger partial charge in [0, 0.05) is 31.1 Å². The van der Waals surface area contributed by atoms with Crippen LogP contribution >= 0.6 is 34.8 Å². The van der Waals surface area contributed by atoms with Crippen LogP contribution in [-0.2, 0) is 38.7 Å². The molecule has 8 atom stereocenters. The van der Waals surface area contributed by atoms with Crippen LogP contribution in [-0.4, -0.2) is 92.1 Å². The summed E-state index contributed by atoms with van der Waals surface area (Å²) < 4.78 is 33.4. The van der Waals surface area contributed by atoms with Crippen LogP contribution in [0.2, 0.25) is 0 Å². The Morgan fingerprint density at radius 2 is 2.00 bits per heavy atom. The number of fused-ring (bicyclic) bond motifs is 2. The molecule has 1 saturated carbocycles. The molecule has 5 fully saturated rings. The van der Waals surface area contributed by atoms with Crippen LogP contribution < -0.4 is 9.80 Å². The van der Waals surface area contributed by atoms with Crippen LogP contribution in [0.1, 0.15) is 25.3 Å². The SMILES string of the molecule is COc1ccc2c(c1)N(OC)C(=O)[C@@]21C[C@H]2[C@H]3CO[C@@H]1C[C@H]3[C@@]1(CN2C(=O)OCC(Cl)(Cl)Cl)OC(OC)O[C@@H]1C. The third-order valence-corrected chi connectivity index (χ3v) is 9.58. The molecular formula is C26H31Cl3N2O9. The molecule has 7 rings (SSSR count). The second-order valence-electron chi connectivity index (χ2n) is 10.9. The number of hydroxylamine groups is 1.